The predicted octanol–water partition coefficient (Wildman–Crippen LogP) is 2.14. The second kappa shape index (κ2) is 6.22. The van der Waals surface area contributed by atoms with Gasteiger partial charge >= 0.3 is 0 Å². The SMILES string of the molecule is CN(C)CCn1ccc(-c2c(C=O)cc3ccccn23)cc1=O. The Morgan fingerprint density at radius 2 is 1.96 bits per heavy atom. The quantitative estimate of drug-likeness (QED) is 0.678. The molecule has 0 atom stereocenters. The van der Waals surface area contributed by atoms with Crippen molar-refractivity contribution in [3.05, 3.63) is 64.7 Å². The molecule has 3 aromatic heterocycles. The van der Waals surface area contributed by atoms with Crippen LogP contribution in [0.1, 0.15) is 10.4 Å². The zero-order valence-electron chi connectivity index (χ0n) is 13.3. The van der Waals surface area contributed by atoms with Gasteiger partial charge in [-0.3, -0.25) is 9.59 Å². The Kier molecular flexibility index (Phi) is 4.12. The van der Waals surface area contributed by atoms with Crippen molar-refractivity contribution in [3.8, 4) is 11.3 Å². The largest absolute Gasteiger partial charge is 0.316 e. The van der Waals surface area contributed by atoms with Gasteiger partial charge < -0.3 is 13.9 Å². The number of pyridine rings is 2. The molecule has 0 spiro atoms. The number of hydrogen-bond donors (Lipinski definition) is 0. The van der Waals surface area contributed by atoms with Crippen LogP contribution >= 0.6 is 0 Å². The Morgan fingerprint density at radius 1 is 1.13 bits per heavy atom. The van der Waals surface area contributed by atoms with Crippen molar-refractivity contribution in [2.45, 2.75) is 6.54 Å². The summed E-state index contributed by atoms with van der Waals surface area (Å²) in [7, 11) is 3.95. The summed E-state index contributed by atoms with van der Waals surface area (Å²) in [6.45, 7) is 1.44. The lowest BCUT2D eigenvalue weighted by Crippen LogP contribution is -2.25. The number of hydrogen-bond acceptors (Lipinski definition) is 3. The van der Waals surface area contributed by atoms with Crippen LogP contribution in [0.5, 0.6) is 0 Å². The maximum absolute atomic E-state index is 12.3. The Labute approximate surface area is 134 Å². The summed E-state index contributed by atoms with van der Waals surface area (Å²) >= 11 is 0. The first kappa shape index (κ1) is 15.2. The molecule has 3 aromatic rings. The summed E-state index contributed by atoms with van der Waals surface area (Å²) in [6, 6.07) is 11.1. The Morgan fingerprint density at radius 3 is 2.65 bits per heavy atom. The number of rotatable bonds is 5. The molecule has 118 valence electrons. The van der Waals surface area contributed by atoms with Crippen molar-refractivity contribution in [1.29, 1.82) is 0 Å². The van der Waals surface area contributed by atoms with Gasteiger partial charge in [0.25, 0.3) is 5.56 Å². The van der Waals surface area contributed by atoms with Crippen molar-refractivity contribution in [3.63, 3.8) is 0 Å². The van der Waals surface area contributed by atoms with Gasteiger partial charge in [0.2, 0.25) is 0 Å². The molecule has 0 radical (unpaired) electrons. The standard InChI is InChI=1S/C18H19N3O2/c1-19(2)9-10-20-8-6-14(12-17(20)23)18-15(13-22)11-16-5-3-4-7-21(16)18/h3-8,11-13H,9-10H2,1-2H3. The number of carbonyl (C=O) groups excluding carboxylic acids is 1. The molecule has 0 aliphatic heterocycles. The molecule has 0 saturated carbocycles. The van der Waals surface area contributed by atoms with Gasteiger partial charge in [-0.15, -0.1) is 0 Å². The van der Waals surface area contributed by atoms with E-state index in [4.69, 9.17) is 0 Å². The van der Waals surface area contributed by atoms with Crippen molar-refractivity contribution in [1.82, 2.24) is 13.9 Å². The molecule has 0 fully saturated rings. The Balaban J connectivity index is 2.07. The molecular formula is C18H19N3O2. The molecule has 0 N–H and O–H groups in total. The van der Waals surface area contributed by atoms with E-state index in [0.717, 1.165) is 29.6 Å². The summed E-state index contributed by atoms with van der Waals surface area (Å²) in [5.74, 6) is 0. The number of aldehydes is 1. The van der Waals surface area contributed by atoms with E-state index >= 15 is 0 Å². The van der Waals surface area contributed by atoms with Crippen LogP contribution in [0.4, 0.5) is 0 Å². The first-order valence-corrected chi connectivity index (χ1v) is 7.51. The maximum atomic E-state index is 12.3. The van der Waals surface area contributed by atoms with Crippen LogP contribution < -0.4 is 5.56 Å². The highest BCUT2D eigenvalue weighted by Gasteiger charge is 2.12. The fraction of sp³-hybridized carbons (Fsp3) is 0.222. The number of aromatic nitrogens is 2. The molecule has 0 amide bonds. The molecular weight excluding hydrogens is 290 g/mol. The van der Waals surface area contributed by atoms with E-state index in [2.05, 4.69) is 0 Å². The van der Waals surface area contributed by atoms with Gasteiger partial charge in [-0.1, -0.05) is 6.07 Å². The first-order valence-electron chi connectivity index (χ1n) is 7.51. The first-order chi connectivity index (χ1) is 11.1. The molecule has 0 unspecified atom stereocenters. The van der Waals surface area contributed by atoms with Gasteiger partial charge in [-0.25, -0.2) is 0 Å². The van der Waals surface area contributed by atoms with Gasteiger partial charge in [-0.05, 0) is 38.4 Å². The van der Waals surface area contributed by atoms with Crippen LogP contribution in [0.2, 0.25) is 0 Å². The monoisotopic (exact) mass is 309 g/mol. The third kappa shape index (κ3) is 2.96. The van der Waals surface area contributed by atoms with Crippen LogP contribution in [0.25, 0.3) is 16.8 Å². The van der Waals surface area contributed by atoms with E-state index in [1.807, 2.05) is 59.9 Å². The summed E-state index contributed by atoms with van der Waals surface area (Å²) in [4.78, 5) is 25.8. The van der Waals surface area contributed by atoms with E-state index < -0.39 is 0 Å². The summed E-state index contributed by atoms with van der Waals surface area (Å²) in [6.07, 6.45) is 4.52. The van der Waals surface area contributed by atoms with Crippen LogP contribution in [0.15, 0.2) is 53.6 Å². The van der Waals surface area contributed by atoms with E-state index in [-0.39, 0.29) is 5.56 Å². The normalized spacial score (nSPS) is 11.3. The van der Waals surface area contributed by atoms with Crippen molar-refractivity contribution >= 4 is 11.8 Å². The van der Waals surface area contributed by atoms with E-state index in [1.165, 1.54) is 0 Å². The Bertz CT molecular complexity index is 906. The molecule has 0 aromatic carbocycles. The average molecular weight is 309 g/mol. The molecule has 0 aliphatic carbocycles. The van der Waals surface area contributed by atoms with Crippen LogP contribution in [0.3, 0.4) is 0 Å². The topological polar surface area (TPSA) is 46.7 Å². The van der Waals surface area contributed by atoms with Crippen molar-refractivity contribution < 1.29 is 4.79 Å². The molecule has 0 bridgehead atoms. The summed E-state index contributed by atoms with van der Waals surface area (Å²) < 4.78 is 3.61. The number of nitrogens with zero attached hydrogens (tertiary/aromatic N) is 3. The third-order valence-electron chi connectivity index (χ3n) is 3.89. The lowest BCUT2D eigenvalue weighted by molar-refractivity contribution is 0.112. The Hall–Kier alpha value is -2.66. The molecule has 5 nitrogen and oxygen atoms in total. The predicted molar refractivity (Wildman–Crippen MR) is 91.0 cm³/mol. The van der Waals surface area contributed by atoms with Gasteiger partial charge in [0.15, 0.2) is 6.29 Å². The van der Waals surface area contributed by atoms with Gasteiger partial charge in [0.05, 0.1) is 5.69 Å². The summed E-state index contributed by atoms with van der Waals surface area (Å²) in [5.41, 5.74) is 2.96. The molecule has 3 rings (SSSR count). The van der Waals surface area contributed by atoms with Gasteiger partial charge in [-0.2, -0.15) is 0 Å². The van der Waals surface area contributed by atoms with Crippen molar-refractivity contribution in [2.75, 3.05) is 20.6 Å². The van der Waals surface area contributed by atoms with Crippen LogP contribution in [0, 0.1) is 0 Å². The highest BCUT2D eigenvalue weighted by molar-refractivity contribution is 5.90. The maximum Gasteiger partial charge on any atom is 0.251 e. The molecule has 0 aliphatic rings. The second-order valence-electron chi connectivity index (χ2n) is 5.81. The van der Waals surface area contributed by atoms with Crippen LogP contribution in [-0.4, -0.2) is 40.8 Å². The third-order valence-corrected chi connectivity index (χ3v) is 3.89. The fourth-order valence-electron chi connectivity index (χ4n) is 2.69. The molecule has 23 heavy (non-hydrogen) atoms. The highest BCUT2D eigenvalue weighted by atomic mass is 16.1. The number of carbonyl (C=O) groups is 1. The van der Waals surface area contributed by atoms with E-state index in [0.29, 0.717) is 12.1 Å². The lowest BCUT2D eigenvalue weighted by Gasteiger charge is -2.12. The highest BCUT2D eigenvalue weighted by Crippen LogP contribution is 2.25. The minimum Gasteiger partial charge on any atom is -0.316 e. The van der Waals surface area contributed by atoms with Gasteiger partial charge in [0.1, 0.15) is 0 Å². The zero-order chi connectivity index (χ0) is 16.4. The van der Waals surface area contributed by atoms with Crippen LogP contribution in [-0.2, 0) is 6.54 Å². The minimum atomic E-state index is -0.0629. The molecule has 0 saturated heterocycles. The minimum absolute atomic E-state index is 0.0629. The molecule has 5 heteroatoms. The smallest absolute Gasteiger partial charge is 0.251 e. The van der Waals surface area contributed by atoms with Crippen molar-refractivity contribution in [2.24, 2.45) is 0 Å². The molecule has 3 heterocycles. The number of likely N-dealkylation sites (N-methyl/N-ethyl adjacent to an activating group) is 1. The number of fused-ring (bicyclic) bond motifs is 1. The fourth-order valence-corrected chi connectivity index (χ4v) is 2.69. The lowest BCUT2D eigenvalue weighted by atomic mass is 10.1. The summed E-state index contributed by atoms with van der Waals surface area (Å²) in [5, 5.41) is 0. The van der Waals surface area contributed by atoms with E-state index in [1.54, 1.807) is 16.8 Å². The van der Waals surface area contributed by atoms with E-state index in [9.17, 15) is 9.59 Å². The zero-order valence-corrected chi connectivity index (χ0v) is 13.3. The second-order valence-corrected chi connectivity index (χ2v) is 5.81. The average Bonchev–Trinajstić information content (AvgIpc) is 2.92. The van der Waals surface area contributed by atoms with Gasteiger partial charge in [0, 0.05) is 48.2 Å².